The maximum Gasteiger partial charge on any atom is 0.194 e. The van der Waals surface area contributed by atoms with E-state index in [1.807, 2.05) is 0 Å². The summed E-state index contributed by atoms with van der Waals surface area (Å²) in [5.41, 5.74) is 0.613. The fraction of sp³-hybridized carbons (Fsp3) is 0.727. The lowest BCUT2D eigenvalue weighted by Gasteiger charge is -2.20. The third kappa shape index (κ3) is 2.79. The number of aliphatic hydroxyl groups is 1. The highest BCUT2D eigenvalue weighted by Gasteiger charge is 2.17. The van der Waals surface area contributed by atoms with Crippen molar-refractivity contribution in [3.8, 4) is 0 Å². The van der Waals surface area contributed by atoms with Crippen LogP contribution in [0.1, 0.15) is 37.5 Å². The Bertz CT molecular complexity index is 303. The molecule has 2 unspecified atom stereocenters. The van der Waals surface area contributed by atoms with Crippen LogP contribution in [0.2, 0.25) is 0 Å². The van der Waals surface area contributed by atoms with E-state index in [9.17, 15) is 5.11 Å². The van der Waals surface area contributed by atoms with Gasteiger partial charge >= 0.3 is 0 Å². The standard InChI is InChI=1S/C11H17NO3/c1-8(13)10-7-15-11(12-10)5-9-3-2-4-14-6-9/h7-9,13H,2-6H2,1H3. The first kappa shape index (κ1) is 10.6. The Labute approximate surface area is 89.3 Å². The highest BCUT2D eigenvalue weighted by atomic mass is 16.5. The molecule has 84 valence electrons. The molecular formula is C11H17NO3. The Morgan fingerprint density at radius 2 is 2.53 bits per heavy atom. The second-order valence-electron chi connectivity index (χ2n) is 4.13. The van der Waals surface area contributed by atoms with Crippen LogP contribution in [0.4, 0.5) is 0 Å². The molecule has 1 saturated heterocycles. The second-order valence-corrected chi connectivity index (χ2v) is 4.13. The van der Waals surface area contributed by atoms with Gasteiger partial charge in [0.15, 0.2) is 5.89 Å². The summed E-state index contributed by atoms with van der Waals surface area (Å²) in [6, 6.07) is 0. The molecule has 0 aliphatic carbocycles. The molecule has 0 spiro atoms. The largest absolute Gasteiger partial charge is 0.449 e. The average molecular weight is 211 g/mol. The first-order valence-electron chi connectivity index (χ1n) is 5.46. The van der Waals surface area contributed by atoms with E-state index in [2.05, 4.69) is 4.98 Å². The molecule has 0 saturated carbocycles. The van der Waals surface area contributed by atoms with Gasteiger partial charge in [-0.05, 0) is 25.7 Å². The van der Waals surface area contributed by atoms with Gasteiger partial charge in [-0.25, -0.2) is 4.98 Å². The van der Waals surface area contributed by atoms with Gasteiger partial charge in [0.25, 0.3) is 0 Å². The number of hydrogen-bond donors (Lipinski definition) is 1. The normalized spacial score (nSPS) is 24.0. The van der Waals surface area contributed by atoms with Crippen LogP contribution < -0.4 is 0 Å². The Morgan fingerprint density at radius 1 is 1.67 bits per heavy atom. The minimum absolute atomic E-state index is 0.513. The Kier molecular flexibility index (Phi) is 3.38. The molecule has 1 aromatic rings. The predicted octanol–water partition coefficient (Wildman–Crippen LogP) is 1.70. The van der Waals surface area contributed by atoms with E-state index in [4.69, 9.17) is 9.15 Å². The molecule has 2 heterocycles. The van der Waals surface area contributed by atoms with Crippen molar-refractivity contribution in [2.24, 2.45) is 5.92 Å². The van der Waals surface area contributed by atoms with Crippen molar-refractivity contribution in [2.45, 2.75) is 32.3 Å². The van der Waals surface area contributed by atoms with Crippen molar-refractivity contribution in [2.75, 3.05) is 13.2 Å². The van der Waals surface area contributed by atoms with Crippen molar-refractivity contribution in [1.29, 1.82) is 0 Å². The molecule has 1 N–H and O–H groups in total. The first-order valence-corrected chi connectivity index (χ1v) is 5.46. The molecule has 0 amide bonds. The summed E-state index contributed by atoms with van der Waals surface area (Å²) < 4.78 is 10.7. The molecule has 4 nitrogen and oxygen atoms in total. The number of rotatable bonds is 3. The molecule has 1 fully saturated rings. The van der Waals surface area contributed by atoms with Gasteiger partial charge in [0.1, 0.15) is 12.0 Å². The molecule has 1 aliphatic rings. The smallest absolute Gasteiger partial charge is 0.194 e. The van der Waals surface area contributed by atoms with E-state index in [1.54, 1.807) is 6.92 Å². The van der Waals surface area contributed by atoms with Crippen LogP contribution >= 0.6 is 0 Å². The maximum atomic E-state index is 9.30. The average Bonchev–Trinajstić information content (AvgIpc) is 2.68. The SMILES string of the molecule is CC(O)c1coc(CC2CCCOC2)n1. The Morgan fingerprint density at radius 3 is 3.13 bits per heavy atom. The van der Waals surface area contributed by atoms with Crippen molar-refractivity contribution in [3.05, 3.63) is 17.8 Å². The van der Waals surface area contributed by atoms with E-state index in [0.29, 0.717) is 17.5 Å². The van der Waals surface area contributed by atoms with E-state index >= 15 is 0 Å². The van der Waals surface area contributed by atoms with Crippen LogP contribution in [-0.2, 0) is 11.2 Å². The van der Waals surface area contributed by atoms with Crippen LogP contribution in [0.5, 0.6) is 0 Å². The molecule has 4 heteroatoms. The summed E-state index contributed by atoms with van der Waals surface area (Å²) in [6.07, 6.45) is 4.09. The molecule has 0 aromatic carbocycles. The lowest BCUT2D eigenvalue weighted by atomic mass is 9.99. The highest BCUT2D eigenvalue weighted by Crippen LogP contribution is 2.19. The molecule has 2 rings (SSSR count). The van der Waals surface area contributed by atoms with Gasteiger partial charge in [-0.2, -0.15) is 0 Å². The van der Waals surface area contributed by atoms with Crippen LogP contribution in [-0.4, -0.2) is 23.3 Å². The monoisotopic (exact) mass is 211 g/mol. The second kappa shape index (κ2) is 4.77. The van der Waals surface area contributed by atoms with Crippen LogP contribution in [0.3, 0.4) is 0 Å². The van der Waals surface area contributed by atoms with E-state index in [-0.39, 0.29) is 0 Å². The quantitative estimate of drug-likeness (QED) is 0.826. The third-order valence-corrected chi connectivity index (χ3v) is 2.72. The maximum absolute atomic E-state index is 9.30. The summed E-state index contributed by atoms with van der Waals surface area (Å²) >= 11 is 0. The highest BCUT2D eigenvalue weighted by molar-refractivity contribution is 5.00. The van der Waals surface area contributed by atoms with Gasteiger partial charge in [-0.3, -0.25) is 0 Å². The van der Waals surface area contributed by atoms with Gasteiger partial charge in [0.05, 0.1) is 6.10 Å². The fourth-order valence-corrected chi connectivity index (χ4v) is 1.83. The van der Waals surface area contributed by atoms with Gasteiger partial charge in [0.2, 0.25) is 0 Å². The molecule has 15 heavy (non-hydrogen) atoms. The van der Waals surface area contributed by atoms with Gasteiger partial charge in [-0.15, -0.1) is 0 Å². The summed E-state index contributed by atoms with van der Waals surface area (Å²) in [7, 11) is 0. The lowest BCUT2D eigenvalue weighted by Crippen LogP contribution is -2.19. The molecule has 0 bridgehead atoms. The predicted molar refractivity (Wildman–Crippen MR) is 54.4 cm³/mol. The zero-order valence-corrected chi connectivity index (χ0v) is 8.98. The Balaban J connectivity index is 1.91. The van der Waals surface area contributed by atoms with E-state index < -0.39 is 6.10 Å². The molecular weight excluding hydrogens is 194 g/mol. The summed E-state index contributed by atoms with van der Waals surface area (Å²) in [4.78, 5) is 4.23. The first-order chi connectivity index (χ1) is 7.25. The molecule has 1 aromatic heterocycles. The van der Waals surface area contributed by atoms with E-state index in [1.165, 1.54) is 12.7 Å². The number of ether oxygens (including phenoxy) is 1. The van der Waals surface area contributed by atoms with Crippen molar-refractivity contribution < 1.29 is 14.3 Å². The number of aliphatic hydroxyl groups excluding tert-OH is 1. The van der Waals surface area contributed by atoms with Crippen LogP contribution in [0.25, 0.3) is 0 Å². The zero-order valence-electron chi connectivity index (χ0n) is 8.98. The van der Waals surface area contributed by atoms with Crippen LogP contribution in [0, 0.1) is 5.92 Å². The number of nitrogens with zero attached hydrogens (tertiary/aromatic N) is 1. The molecule has 2 atom stereocenters. The van der Waals surface area contributed by atoms with Crippen molar-refractivity contribution in [3.63, 3.8) is 0 Å². The van der Waals surface area contributed by atoms with Crippen LogP contribution in [0.15, 0.2) is 10.7 Å². The number of aromatic nitrogens is 1. The van der Waals surface area contributed by atoms with Gasteiger partial charge in [-0.1, -0.05) is 0 Å². The third-order valence-electron chi connectivity index (χ3n) is 2.72. The summed E-state index contributed by atoms with van der Waals surface area (Å²) in [5, 5.41) is 9.30. The van der Waals surface area contributed by atoms with Gasteiger partial charge < -0.3 is 14.3 Å². The van der Waals surface area contributed by atoms with Gasteiger partial charge in [0, 0.05) is 19.6 Å². The minimum atomic E-state index is -0.551. The van der Waals surface area contributed by atoms with E-state index in [0.717, 1.165) is 26.1 Å². The number of oxazole rings is 1. The molecule has 1 aliphatic heterocycles. The Hall–Kier alpha value is -0.870. The van der Waals surface area contributed by atoms with Crippen molar-refractivity contribution in [1.82, 2.24) is 4.98 Å². The molecule has 0 radical (unpaired) electrons. The number of hydrogen-bond acceptors (Lipinski definition) is 4. The minimum Gasteiger partial charge on any atom is -0.449 e. The topological polar surface area (TPSA) is 55.5 Å². The summed E-state index contributed by atoms with van der Waals surface area (Å²) in [5.74, 6) is 1.22. The van der Waals surface area contributed by atoms with Crippen molar-refractivity contribution >= 4 is 0 Å². The fourth-order valence-electron chi connectivity index (χ4n) is 1.83. The zero-order chi connectivity index (χ0) is 10.7. The summed E-state index contributed by atoms with van der Waals surface area (Å²) in [6.45, 7) is 3.36. The lowest BCUT2D eigenvalue weighted by molar-refractivity contribution is 0.0526.